The summed E-state index contributed by atoms with van der Waals surface area (Å²) >= 11 is 3.01. The number of halogens is 2. The fourth-order valence-corrected chi connectivity index (χ4v) is 2.26. The van der Waals surface area contributed by atoms with Gasteiger partial charge in [0.05, 0.1) is 29.9 Å². The topological polar surface area (TPSA) is 90.6 Å². The number of hydrogen-bond donors (Lipinski definition) is 2. The first kappa shape index (κ1) is 17.7. The lowest BCUT2D eigenvalue weighted by Crippen LogP contribution is -2.18. The van der Waals surface area contributed by atoms with Gasteiger partial charge in [0, 0.05) is 11.6 Å². The largest absolute Gasteiger partial charge is 0.493 e. The highest BCUT2D eigenvalue weighted by Crippen LogP contribution is 2.33. The Morgan fingerprint density at radius 2 is 1.75 bits per heavy atom. The average molecular weight is 397 g/mol. The Bertz CT molecular complexity index is 811. The summed E-state index contributed by atoms with van der Waals surface area (Å²) in [6.45, 7) is 0. The minimum atomic E-state index is -0.756. The van der Waals surface area contributed by atoms with Gasteiger partial charge in [0.25, 0.3) is 11.8 Å². The smallest absolute Gasteiger partial charge is 0.255 e. The third kappa shape index (κ3) is 3.65. The summed E-state index contributed by atoms with van der Waals surface area (Å²) in [4.78, 5) is 23.9. The number of hydrogen-bond acceptors (Lipinski definition) is 4. The lowest BCUT2D eigenvalue weighted by Gasteiger charge is -2.14. The molecule has 0 aliphatic carbocycles. The molecule has 0 bridgehead atoms. The number of ether oxygens (including phenoxy) is 2. The molecule has 126 valence electrons. The van der Waals surface area contributed by atoms with Crippen LogP contribution in [0.25, 0.3) is 0 Å². The van der Waals surface area contributed by atoms with Crippen LogP contribution in [0.2, 0.25) is 0 Å². The van der Waals surface area contributed by atoms with E-state index in [2.05, 4.69) is 21.2 Å². The summed E-state index contributed by atoms with van der Waals surface area (Å²) in [6.07, 6.45) is 0. The molecule has 0 saturated heterocycles. The summed E-state index contributed by atoms with van der Waals surface area (Å²) in [5, 5.41) is 2.52. The summed E-state index contributed by atoms with van der Waals surface area (Å²) in [5.74, 6) is -1.34. The van der Waals surface area contributed by atoms with Crippen LogP contribution in [0.3, 0.4) is 0 Å². The monoisotopic (exact) mass is 396 g/mol. The number of primary amides is 1. The highest BCUT2D eigenvalue weighted by atomic mass is 79.9. The molecule has 2 aromatic carbocycles. The van der Waals surface area contributed by atoms with E-state index in [0.29, 0.717) is 11.5 Å². The van der Waals surface area contributed by atoms with E-state index in [0.717, 1.165) is 6.07 Å². The van der Waals surface area contributed by atoms with Crippen LogP contribution in [0.4, 0.5) is 10.1 Å². The Labute approximate surface area is 145 Å². The second kappa shape index (κ2) is 7.31. The molecule has 0 heterocycles. The maximum atomic E-state index is 13.6. The number of carbonyl (C=O) groups is 2. The highest BCUT2D eigenvalue weighted by molar-refractivity contribution is 9.10. The van der Waals surface area contributed by atoms with Crippen molar-refractivity contribution in [3.63, 3.8) is 0 Å². The van der Waals surface area contributed by atoms with Gasteiger partial charge in [-0.2, -0.15) is 0 Å². The van der Waals surface area contributed by atoms with Gasteiger partial charge in [-0.15, -0.1) is 0 Å². The van der Waals surface area contributed by atoms with E-state index in [-0.39, 0.29) is 21.3 Å². The van der Waals surface area contributed by atoms with Gasteiger partial charge in [-0.05, 0) is 40.2 Å². The minimum Gasteiger partial charge on any atom is -0.493 e. The molecule has 2 rings (SSSR count). The molecular weight excluding hydrogens is 383 g/mol. The zero-order chi connectivity index (χ0) is 17.9. The van der Waals surface area contributed by atoms with Crippen LogP contribution in [0.15, 0.2) is 34.8 Å². The normalized spacial score (nSPS) is 10.2. The first-order valence-electron chi connectivity index (χ1n) is 6.69. The zero-order valence-electron chi connectivity index (χ0n) is 12.9. The van der Waals surface area contributed by atoms with Crippen molar-refractivity contribution >= 4 is 33.4 Å². The second-order valence-corrected chi connectivity index (χ2v) is 5.55. The molecule has 0 aromatic heterocycles. The molecule has 0 aliphatic heterocycles. The molecular formula is C16H14BrFN2O4. The first-order chi connectivity index (χ1) is 11.4. The van der Waals surface area contributed by atoms with Gasteiger partial charge in [-0.3, -0.25) is 9.59 Å². The molecule has 0 spiro atoms. The number of methoxy groups -OCH3 is 2. The summed E-state index contributed by atoms with van der Waals surface area (Å²) in [7, 11) is 2.82. The van der Waals surface area contributed by atoms with Crippen LogP contribution in [0.5, 0.6) is 11.5 Å². The summed E-state index contributed by atoms with van der Waals surface area (Å²) in [6, 6.07) is 6.69. The number of nitrogens with one attached hydrogen (secondary N) is 1. The van der Waals surface area contributed by atoms with Gasteiger partial charge in [-0.25, -0.2) is 4.39 Å². The first-order valence-corrected chi connectivity index (χ1v) is 7.49. The molecule has 6 nitrogen and oxygen atoms in total. The molecule has 0 radical (unpaired) electrons. The van der Waals surface area contributed by atoms with Crippen molar-refractivity contribution in [2.24, 2.45) is 5.73 Å². The number of rotatable bonds is 5. The van der Waals surface area contributed by atoms with E-state index in [1.807, 2.05) is 0 Å². The second-order valence-electron chi connectivity index (χ2n) is 4.70. The molecule has 0 aliphatic rings. The van der Waals surface area contributed by atoms with Crippen LogP contribution in [0, 0.1) is 5.82 Å². The Balaban J connectivity index is 2.41. The number of carbonyl (C=O) groups excluding carboxylic acids is 2. The van der Waals surface area contributed by atoms with E-state index in [1.54, 1.807) is 0 Å². The number of benzene rings is 2. The van der Waals surface area contributed by atoms with Crippen molar-refractivity contribution in [3.05, 3.63) is 51.7 Å². The average Bonchev–Trinajstić information content (AvgIpc) is 2.56. The van der Waals surface area contributed by atoms with E-state index in [4.69, 9.17) is 15.2 Å². The van der Waals surface area contributed by atoms with Gasteiger partial charge in [0.15, 0.2) is 11.5 Å². The zero-order valence-corrected chi connectivity index (χ0v) is 14.4. The Morgan fingerprint density at radius 3 is 2.29 bits per heavy atom. The van der Waals surface area contributed by atoms with E-state index >= 15 is 0 Å². The van der Waals surface area contributed by atoms with Crippen molar-refractivity contribution in [2.75, 3.05) is 19.5 Å². The molecule has 24 heavy (non-hydrogen) atoms. The molecule has 0 saturated carbocycles. The molecule has 2 amide bonds. The fourth-order valence-electron chi connectivity index (χ4n) is 2.02. The quantitative estimate of drug-likeness (QED) is 0.812. The van der Waals surface area contributed by atoms with Crippen LogP contribution in [-0.2, 0) is 0 Å². The molecule has 8 heteroatoms. The van der Waals surface area contributed by atoms with Crippen molar-refractivity contribution in [3.8, 4) is 11.5 Å². The molecule has 3 N–H and O–H groups in total. The number of nitrogens with two attached hydrogens (primary N) is 1. The Kier molecular flexibility index (Phi) is 5.40. The fraction of sp³-hybridized carbons (Fsp3) is 0.125. The Morgan fingerprint density at radius 1 is 1.12 bits per heavy atom. The molecule has 0 atom stereocenters. The predicted molar refractivity (Wildman–Crippen MR) is 90.1 cm³/mol. The van der Waals surface area contributed by atoms with Crippen LogP contribution in [-0.4, -0.2) is 26.0 Å². The molecule has 0 fully saturated rings. The number of amides is 2. The van der Waals surface area contributed by atoms with Crippen LogP contribution >= 0.6 is 15.9 Å². The standard InChI is InChI=1S/C16H14BrFN2O4/c1-23-13-6-9(15(19)21)12(7-14(13)24-2)20-16(22)8-3-4-10(17)11(18)5-8/h3-7H,1-2H3,(H2,19,21)(H,20,22). The van der Waals surface area contributed by atoms with Gasteiger partial charge in [0.2, 0.25) is 0 Å². The maximum Gasteiger partial charge on any atom is 0.255 e. The van der Waals surface area contributed by atoms with Crippen molar-refractivity contribution in [2.45, 2.75) is 0 Å². The molecule has 0 unspecified atom stereocenters. The third-order valence-corrected chi connectivity index (χ3v) is 3.86. The van der Waals surface area contributed by atoms with Gasteiger partial charge >= 0.3 is 0 Å². The van der Waals surface area contributed by atoms with E-state index in [1.165, 1.54) is 38.5 Å². The van der Waals surface area contributed by atoms with Crippen LogP contribution in [0.1, 0.15) is 20.7 Å². The van der Waals surface area contributed by atoms with E-state index in [9.17, 15) is 14.0 Å². The van der Waals surface area contributed by atoms with Crippen LogP contribution < -0.4 is 20.5 Å². The molecule has 2 aromatic rings. The van der Waals surface area contributed by atoms with E-state index < -0.39 is 17.6 Å². The SMILES string of the molecule is COc1cc(NC(=O)c2ccc(Br)c(F)c2)c(C(N)=O)cc1OC. The van der Waals surface area contributed by atoms with Crippen molar-refractivity contribution in [1.82, 2.24) is 0 Å². The van der Waals surface area contributed by atoms with Gasteiger partial charge < -0.3 is 20.5 Å². The maximum absolute atomic E-state index is 13.6. The number of anilines is 1. The Hall–Kier alpha value is -2.61. The third-order valence-electron chi connectivity index (χ3n) is 3.22. The summed E-state index contributed by atoms with van der Waals surface area (Å²) in [5.41, 5.74) is 5.59. The van der Waals surface area contributed by atoms with Gasteiger partial charge in [-0.1, -0.05) is 0 Å². The van der Waals surface area contributed by atoms with Crippen molar-refractivity contribution < 1.29 is 23.5 Å². The van der Waals surface area contributed by atoms with Crippen molar-refractivity contribution in [1.29, 1.82) is 0 Å². The summed E-state index contributed by atoms with van der Waals surface area (Å²) < 4.78 is 24.0. The lowest BCUT2D eigenvalue weighted by atomic mass is 10.1. The minimum absolute atomic E-state index is 0.0404. The predicted octanol–water partition coefficient (Wildman–Crippen LogP) is 2.96. The van der Waals surface area contributed by atoms with Gasteiger partial charge in [0.1, 0.15) is 5.82 Å². The highest BCUT2D eigenvalue weighted by Gasteiger charge is 2.18. The lowest BCUT2D eigenvalue weighted by molar-refractivity contribution is 0.100.